The number of carbonyl (C=O) groups excluding carboxylic acids is 3. The summed E-state index contributed by atoms with van der Waals surface area (Å²) >= 11 is 0. The Morgan fingerprint density at radius 3 is 1.67 bits per heavy atom. The molecule has 0 saturated heterocycles. The fourth-order valence-corrected chi connectivity index (χ4v) is 3.10. The smallest absolute Gasteiger partial charge is 0.310 e. The number of hydrogen-bond donors (Lipinski definition) is 0. The van der Waals surface area contributed by atoms with Crippen LogP contribution in [0.3, 0.4) is 0 Å². The van der Waals surface area contributed by atoms with Gasteiger partial charge in [-0.15, -0.1) is 0 Å². The van der Waals surface area contributed by atoms with Gasteiger partial charge in [-0.05, 0) is 11.8 Å². The van der Waals surface area contributed by atoms with E-state index in [1.54, 1.807) is 6.92 Å². The van der Waals surface area contributed by atoms with Crippen LogP contribution in [0, 0.1) is 29.6 Å². The molecule has 6 nitrogen and oxygen atoms in total. The highest BCUT2D eigenvalue weighted by atomic mass is 16.5. The second-order valence-electron chi connectivity index (χ2n) is 6.39. The fraction of sp³-hybridized carbons (Fsp3) is 0.833. The van der Waals surface area contributed by atoms with Gasteiger partial charge in [0.2, 0.25) is 0 Å². The van der Waals surface area contributed by atoms with Crippen molar-refractivity contribution in [2.45, 2.75) is 47.0 Å². The summed E-state index contributed by atoms with van der Waals surface area (Å²) < 4.78 is 14.5. The van der Waals surface area contributed by atoms with Gasteiger partial charge in [-0.3, -0.25) is 14.4 Å². The zero-order valence-corrected chi connectivity index (χ0v) is 16.0. The van der Waals surface area contributed by atoms with E-state index >= 15 is 0 Å². The number of unbranched alkanes of at least 4 members (excludes halogenated alkanes) is 1. The molecule has 24 heavy (non-hydrogen) atoms. The first-order valence-electron chi connectivity index (χ1n) is 8.50. The highest BCUT2D eigenvalue weighted by molar-refractivity contribution is 5.87. The van der Waals surface area contributed by atoms with Gasteiger partial charge in [0.05, 0.1) is 39.1 Å². The van der Waals surface area contributed by atoms with Gasteiger partial charge < -0.3 is 14.2 Å². The van der Waals surface area contributed by atoms with E-state index in [-0.39, 0.29) is 11.8 Å². The fourth-order valence-electron chi connectivity index (χ4n) is 3.10. The monoisotopic (exact) mass is 344 g/mol. The maximum Gasteiger partial charge on any atom is 0.310 e. The molecule has 0 bridgehead atoms. The largest absolute Gasteiger partial charge is 0.469 e. The summed E-state index contributed by atoms with van der Waals surface area (Å²) in [6, 6.07) is 0. The van der Waals surface area contributed by atoms with Crippen molar-refractivity contribution >= 4 is 17.9 Å². The molecule has 0 aliphatic rings. The summed E-state index contributed by atoms with van der Waals surface area (Å²) in [4.78, 5) is 36.7. The van der Waals surface area contributed by atoms with Crippen LogP contribution in [0.5, 0.6) is 0 Å². The Hall–Kier alpha value is -1.59. The van der Waals surface area contributed by atoms with Crippen molar-refractivity contribution in [3.05, 3.63) is 0 Å². The Kier molecular flexibility index (Phi) is 10.3. The van der Waals surface area contributed by atoms with Crippen molar-refractivity contribution in [2.75, 3.05) is 21.3 Å². The minimum absolute atomic E-state index is 0.139. The van der Waals surface area contributed by atoms with Crippen LogP contribution in [0.4, 0.5) is 0 Å². The minimum Gasteiger partial charge on any atom is -0.469 e. The van der Waals surface area contributed by atoms with Crippen LogP contribution in [-0.4, -0.2) is 39.2 Å². The van der Waals surface area contributed by atoms with Crippen molar-refractivity contribution in [1.82, 2.24) is 0 Å². The molecule has 0 saturated carbocycles. The minimum atomic E-state index is -0.936. The highest BCUT2D eigenvalue weighted by Gasteiger charge is 2.46. The normalized spacial score (nSPS) is 17.1. The lowest BCUT2D eigenvalue weighted by atomic mass is 9.71. The predicted molar refractivity (Wildman–Crippen MR) is 90.0 cm³/mol. The quantitative estimate of drug-likeness (QED) is 0.448. The Balaban J connectivity index is 5.72. The molecular formula is C18H32O6. The molecule has 6 heteroatoms. The third-order valence-corrected chi connectivity index (χ3v) is 4.92. The number of ether oxygens (including phenoxy) is 3. The molecule has 0 heterocycles. The van der Waals surface area contributed by atoms with E-state index in [2.05, 4.69) is 6.92 Å². The maximum absolute atomic E-state index is 12.4. The molecule has 0 amide bonds. The van der Waals surface area contributed by atoms with E-state index in [1.807, 2.05) is 13.8 Å². The standard InChI is InChI=1S/C18H32O6/c1-8-9-10-11(2)12(3)14(17(20)23-6)15(18(21)24-7)13(4)16(19)22-5/h11-15H,8-10H2,1-7H3. The second kappa shape index (κ2) is 11.0. The van der Waals surface area contributed by atoms with Crippen molar-refractivity contribution in [2.24, 2.45) is 29.6 Å². The maximum atomic E-state index is 12.4. The summed E-state index contributed by atoms with van der Waals surface area (Å²) in [5, 5.41) is 0. The van der Waals surface area contributed by atoms with Crippen LogP contribution in [-0.2, 0) is 28.6 Å². The van der Waals surface area contributed by atoms with Gasteiger partial charge in [-0.25, -0.2) is 0 Å². The van der Waals surface area contributed by atoms with Crippen molar-refractivity contribution in [1.29, 1.82) is 0 Å². The number of carbonyl (C=O) groups is 3. The molecule has 0 spiro atoms. The Morgan fingerprint density at radius 2 is 1.25 bits per heavy atom. The van der Waals surface area contributed by atoms with E-state index < -0.39 is 35.7 Å². The van der Waals surface area contributed by atoms with Crippen LogP contribution in [0.15, 0.2) is 0 Å². The molecule has 0 N–H and O–H groups in total. The van der Waals surface area contributed by atoms with Crippen LogP contribution < -0.4 is 0 Å². The summed E-state index contributed by atoms with van der Waals surface area (Å²) in [5.74, 6) is -4.08. The van der Waals surface area contributed by atoms with E-state index in [4.69, 9.17) is 14.2 Å². The summed E-state index contributed by atoms with van der Waals surface area (Å²) in [5.41, 5.74) is 0. The molecule has 140 valence electrons. The molecule has 0 radical (unpaired) electrons. The van der Waals surface area contributed by atoms with Crippen molar-refractivity contribution in [3.63, 3.8) is 0 Å². The first-order chi connectivity index (χ1) is 11.3. The molecule has 5 atom stereocenters. The van der Waals surface area contributed by atoms with Gasteiger partial charge >= 0.3 is 17.9 Å². The van der Waals surface area contributed by atoms with Gasteiger partial charge in [-0.1, -0.05) is 47.0 Å². The van der Waals surface area contributed by atoms with E-state index in [0.717, 1.165) is 19.3 Å². The van der Waals surface area contributed by atoms with Crippen LogP contribution in [0.2, 0.25) is 0 Å². The lowest BCUT2D eigenvalue weighted by Gasteiger charge is -2.33. The third-order valence-electron chi connectivity index (χ3n) is 4.92. The SMILES string of the molecule is CCCCC(C)C(C)C(C(=O)OC)C(C(=O)OC)C(C)C(=O)OC. The van der Waals surface area contributed by atoms with Gasteiger partial charge in [0.25, 0.3) is 0 Å². The Morgan fingerprint density at radius 1 is 0.792 bits per heavy atom. The number of rotatable bonds is 10. The predicted octanol–water partition coefficient (Wildman–Crippen LogP) is 2.84. The number of esters is 3. The Bertz CT molecular complexity index is 420. The van der Waals surface area contributed by atoms with Crippen LogP contribution in [0.1, 0.15) is 47.0 Å². The van der Waals surface area contributed by atoms with Gasteiger partial charge in [0, 0.05) is 0 Å². The van der Waals surface area contributed by atoms with Gasteiger partial charge in [0.15, 0.2) is 0 Å². The molecule has 0 rings (SSSR count). The van der Waals surface area contributed by atoms with Crippen molar-refractivity contribution < 1.29 is 28.6 Å². The molecule has 0 fully saturated rings. The molecule has 0 aromatic rings. The second-order valence-corrected chi connectivity index (χ2v) is 6.39. The summed E-state index contributed by atoms with van der Waals surface area (Å²) in [6.07, 6.45) is 3.03. The first-order valence-corrected chi connectivity index (χ1v) is 8.50. The molecule has 0 aromatic carbocycles. The van der Waals surface area contributed by atoms with Crippen LogP contribution in [0.25, 0.3) is 0 Å². The molecule has 5 unspecified atom stereocenters. The third kappa shape index (κ3) is 5.80. The lowest BCUT2D eigenvalue weighted by Crippen LogP contribution is -2.43. The van der Waals surface area contributed by atoms with E-state index in [1.165, 1.54) is 21.3 Å². The number of methoxy groups -OCH3 is 3. The Labute approximate surface area is 145 Å². The molecule has 0 aromatic heterocycles. The van der Waals surface area contributed by atoms with E-state index in [9.17, 15) is 14.4 Å². The van der Waals surface area contributed by atoms with Crippen LogP contribution >= 0.6 is 0 Å². The van der Waals surface area contributed by atoms with E-state index in [0.29, 0.717) is 0 Å². The van der Waals surface area contributed by atoms with Gasteiger partial charge in [-0.2, -0.15) is 0 Å². The van der Waals surface area contributed by atoms with Crippen molar-refractivity contribution in [3.8, 4) is 0 Å². The molecular weight excluding hydrogens is 312 g/mol. The summed E-state index contributed by atoms with van der Waals surface area (Å²) in [6.45, 7) is 7.65. The molecule has 0 aliphatic carbocycles. The summed E-state index contributed by atoms with van der Waals surface area (Å²) in [7, 11) is 3.79. The molecule has 0 aliphatic heterocycles. The average Bonchev–Trinajstić information content (AvgIpc) is 2.60. The lowest BCUT2D eigenvalue weighted by molar-refractivity contribution is -0.168. The average molecular weight is 344 g/mol. The zero-order valence-electron chi connectivity index (χ0n) is 16.0. The first kappa shape index (κ1) is 22.4. The highest BCUT2D eigenvalue weighted by Crippen LogP contribution is 2.36. The topological polar surface area (TPSA) is 78.9 Å². The van der Waals surface area contributed by atoms with Gasteiger partial charge in [0.1, 0.15) is 0 Å². The number of hydrogen-bond acceptors (Lipinski definition) is 6. The zero-order chi connectivity index (χ0) is 18.9.